The summed E-state index contributed by atoms with van der Waals surface area (Å²) >= 11 is 0. The standard InChI is InChI=1S/C15H13FN2O2/c1-8-2-4-10(11(16)6-8)14(19)9-3-5-12-13(7-9)18-15(20)17-12/h2-7,14,19H,1H3,(H2,17,18,20). The van der Waals surface area contributed by atoms with Crippen molar-refractivity contribution in [2.24, 2.45) is 0 Å². The maximum Gasteiger partial charge on any atom is 0.323 e. The van der Waals surface area contributed by atoms with Crippen LogP contribution in [0.25, 0.3) is 11.0 Å². The molecule has 0 saturated heterocycles. The van der Waals surface area contributed by atoms with E-state index >= 15 is 0 Å². The summed E-state index contributed by atoms with van der Waals surface area (Å²) < 4.78 is 13.9. The van der Waals surface area contributed by atoms with E-state index in [9.17, 15) is 14.3 Å². The first-order valence-corrected chi connectivity index (χ1v) is 6.20. The lowest BCUT2D eigenvalue weighted by Gasteiger charge is -2.13. The minimum Gasteiger partial charge on any atom is -0.384 e. The third-order valence-corrected chi connectivity index (χ3v) is 3.31. The first kappa shape index (κ1) is 12.6. The van der Waals surface area contributed by atoms with Gasteiger partial charge < -0.3 is 15.1 Å². The van der Waals surface area contributed by atoms with Gasteiger partial charge in [0.1, 0.15) is 11.9 Å². The fourth-order valence-electron chi connectivity index (χ4n) is 2.25. The Kier molecular flexibility index (Phi) is 2.91. The fraction of sp³-hybridized carbons (Fsp3) is 0.133. The SMILES string of the molecule is Cc1ccc(C(O)c2ccc3[nH]c(=O)[nH]c3c2)c(F)c1. The molecule has 3 N–H and O–H groups in total. The predicted molar refractivity (Wildman–Crippen MR) is 74.1 cm³/mol. The number of aliphatic hydroxyl groups excluding tert-OH is 1. The van der Waals surface area contributed by atoms with Gasteiger partial charge in [0.05, 0.1) is 11.0 Å². The molecular weight excluding hydrogens is 259 g/mol. The normalized spacial score (nSPS) is 12.8. The number of benzene rings is 2. The summed E-state index contributed by atoms with van der Waals surface area (Å²) in [5.74, 6) is -0.444. The Labute approximate surface area is 113 Å². The predicted octanol–water partition coefficient (Wildman–Crippen LogP) is 2.39. The third-order valence-electron chi connectivity index (χ3n) is 3.31. The lowest BCUT2D eigenvalue weighted by Crippen LogP contribution is -2.03. The summed E-state index contributed by atoms with van der Waals surface area (Å²) in [4.78, 5) is 16.4. The number of hydrogen-bond donors (Lipinski definition) is 3. The fourth-order valence-corrected chi connectivity index (χ4v) is 2.25. The smallest absolute Gasteiger partial charge is 0.323 e. The van der Waals surface area contributed by atoms with Crippen LogP contribution in [-0.4, -0.2) is 15.1 Å². The van der Waals surface area contributed by atoms with E-state index in [1.807, 2.05) is 0 Å². The summed E-state index contributed by atoms with van der Waals surface area (Å²) in [6, 6.07) is 9.68. The van der Waals surface area contributed by atoms with Gasteiger partial charge in [-0.25, -0.2) is 9.18 Å². The van der Waals surface area contributed by atoms with Crippen LogP contribution in [0.1, 0.15) is 22.8 Å². The van der Waals surface area contributed by atoms with Gasteiger partial charge in [-0.15, -0.1) is 0 Å². The molecule has 0 amide bonds. The van der Waals surface area contributed by atoms with Gasteiger partial charge in [0.25, 0.3) is 0 Å². The highest BCUT2D eigenvalue weighted by Crippen LogP contribution is 2.26. The van der Waals surface area contributed by atoms with Crippen LogP contribution in [-0.2, 0) is 0 Å². The molecular formula is C15H13FN2O2. The Bertz CT molecular complexity index is 835. The van der Waals surface area contributed by atoms with E-state index in [1.54, 1.807) is 37.3 Å². The van der Waals surface area contributed by atoms with Crippen LogP contribution < -0.4 is 5.69 Å². The van der Waals surface area contributed by atoms with Crippen molar-refractivity contribution in [3.05, 3.63) is 69.4 Å². The zero-order valence-electron chi connectivity index (χ0n) is 10.8. The van der Waals surface area contributed by atoms with Crippen molar-refractivity contribution in [1.82, 2.24) is 9.97 Å². The number of halogens is 1. The number of rotatable bonds is 2. The number of nitrogens with one attached hydrogen (secondary N) is 2. The van der Waals surface area contributed by atoms with E-state index in [1.165, 1.54) is 6.07 Å². The van der Waals surface area contributed by atoms with Gasteiger partial charge in [-0.1, -0.05) is 18.2 Å². The molecule has 4 nitrogen and oxygen atoms in total. The molecule has 20 heavy (non-hydrogen) atoms. The van der Waals surface area contributed by atoms with E-state index in [-0.39, 0.29) is 11.3 Å². The number of aliphatic hydroxyl groups is 1. The maximum absolute atomic E-state index is 13.9. The van der Waals surface area contributed by atoms with Crippen LogP contribution in [0, 0.1) is 12.7 Å². The van der Waals surface area contributed by atoms with Crippen LogP contribution in [0.2, 0.25) is 0 Å². The van der Waals surface area contributed by atoms with Crippen LogP contribution in [0.4, 0.5) is 4.39 Å². The maximum atomic E-state index is 13.9. The first-order valence-electron chi connectivity index (χ1n) is 6.20. The Morgan fingerprint density at radius 1 is 1.10 bits per heavy atom. The van der Waals surface area contributed by atoms with Crippen LogP contribution in [0.3, 0.4) is 0 Å². The summed E-state index contributed by atoms with van der Waals surface area (Å²) in [6.07, 6.45) is -1.07. The van der Waals surface area contributed by atoms with Gasteiger partial charge in [-0.3, -0.25) is 0 Å². The number of H-pyrrole nitrogens is 2. The van der Waals surface area contributed by atoms with Gasteiger partial charge in [0.15, 0.2) is 0 Å². The molecule has 0 spiro atoms. The molecule has 0 bridgehead atoms. The minimum absolute atomic E-state index is 0.216. The summed E-state index contributed by atoms with van der Waals surface area (Å²) in [7, 11) is 0. The van der Waals surface area contributed by atoms with Crippen molar-refractivity contribution < 1.29 is 9.50 Å². The number of imidazole rings is 1. The highest BCUT2D eigenvalue weighted by molar-refractivity contribution is 5.75. The van der Waals surface area contributed by atoms with Crippen molar-refractivity contribution >= 4 is 11.0 Å². The molecule has 0 fully saturated rings. The van der Waals surface area contributed by atoms with Gasteiger partial charge in [0, 0.05) is 5.56 Å². The van der Waals surface area contributed by atoms with Gasteiger partial charge in [0.2, 0.25) is 0 Å². The summed E-state index contributed by atoms with van der Waals surface area (Å²) in [5.41, 5.74) is 2.45. The Morgan fingerprint density at radius 2 is 1.85 bits per heavy atom. The van der Waals surface area contributed by atoms with Gasteiger partial charge >= 0.3 is 5.69 Å². The Balaban J connectivity index is 2.06. The molecule has 1 aromatic heterocycles. The molecule has 0 saturated carbocycles. The quantitative estimate of drug-likeness (QED) is 0.670. The number of aromatic nitrogens is 2. The van der Waals surface area contributed by atoms with Crippen molar-refractivity contribution in [1.29, 1.82) is 0 Å². The van der Waals surface area contributed by atoms with Crippen LogP contribution in [0.5, 0.6) is 0 Å². The monoisotopic (exact) mass is 272 g/mol. The molecule has 102 valence electrons. The topological polar surface area (TPSA) is 68.9 Å². The summed E-state index contributed by atoms with van der Waals surface area (Å²) in [5, 5.41) is 10.3. The van der Waals surface area contributed by atoms with E-state index in [4.69, 9.17) is 0 Å². The molecule has 5 heteroatoms. The Morgan fingerprint density at radius 3 is 2.60 bits per heavy atom. The molecule has 3 rings (SSSR count). The average molecular weight is 272 g/mol. The average Bonchev–Trinajstić information content (AvgIpc) is 2.77. The number of fused-ring (bicyclic) bond motifs is 1. The van der Waals surface area contributed by atoms with E-state index in [0.29, 0.717) is 16.6 Å². The second-order valence-electron chi connectivity index (χ2n) is 4.81. The van der Waals surface area contributed by atoms with Crippen LogP contribution >= 0.6 is 0 Å². The lowest BCUT2D eigenvalue weighted by molar-refractivity contribution is 0.215. The minimum atomic E-state index is -1.07. The molecule has 3 aromatic rings. The van der Waals surface area contributed by atoms with Crippen molar-refractivity contribution in [2.75, 3.05) is 0 Å². The molecule has 1 atom stereocenters. The van der Waals surface area contributed by atoms with Crippen molar-refractivity contribution in [3.63, 3.8) is 0 Å². The number of aryl methyl sites for hydroxylation is 1. The second kappa shape index (κ2) is 4.61. The van der Waals surface area contributed by atoms with Crippen molar-refractivity contribution in [2.45, 2.75) is 13.0 Å². The third kappa shape index (κ3) is 2.12. The van der Waals surface area contributed by atoms with Crippen molar-refractivity contribution in [3.8, 4) is 0 Å². The summed E-state index contributed by atoms with van der Waals surface area (Å²) in [6.45, 7) is 1.79. The second-order valence-corrected chi connectivity index (χ2v) is 4.81. The first-order chi connectivity index (χ1) is 9.54. The van der Waals surface area contributed by atoms with E-state index in [2.05, 4.69) is 9.97 Å². The number of hydrogen-bond acceptors (Lipinski definition) is 2. The molecule has 0 aliphatic rings. The van der Waals surface area contributed by atoms with Gasteiger partial charge in [-0.05, 0) is 36.2 Å². The highest BCUT2D eigenvalue weighted by Gasteiger charge is 2.15. The van der Waals surface area contributed by atoms with E-state index < -0.39 is 11.9 Å². The Hall–Kier alpha value is -2.40. The molecule has 0 aliphatic carbocycles. The van der Waals surface area contributed by atoms with Gasteiger partial charge in [-0.2, -0.15) is 0 Å². The largest absolute Gasteiger partial charge is 0.384 e. The zero-order valence-corrected chi connectivity index (χ0v) is 10.8. The molecule has 0 aliphatic heterocycles. The molecule has 1 unspecified atom stereocenters. The molecule has 2 aromatic carbocycles. The lowest BCUT2D eigenvalue weighted by atomic mass is 9.99. The number of aromatic amines is 2. The zero-order chi connectivity index (χ0) is 14.3. The molecule has 1 heterocycles. The van der Waals surface area contributed by atoms with E-state index in [0.717, 1.165) is 5.56 Å². The molecule has 0 radical (unpaired) electrons. The highest BCUT2D eigenvalue weighted by atomic mass is 19.1. The van der Waals surface area contributed by atoms with Crippen LogP contribution in [0.15, 0.2) is 41.2 Å².